The molecule has 21 heavy (non-hydrogen) atoms. The Bertz CT molecular complexity index is 488. The summed E-state index contributed by atoms with van der Waals surface area (Å²) >= 11 is 0. The molecule has 3 rings (SSSR count). The van der Waals surface area contributed by atoms with Crippen LogP contribution in [0.3, 0.4) is 0 Å². The summed E-state index contributed by atoms with van der Waals surface area (Å²) in [6, 6.07) is 8.53. The summed E-state index contributed by atoms with van der Waals surface area (Å²) in [4.78, 5) is 4.33. The average Bonchev–Trinajstić information content (AvgIpc) is 3.30. The number of hydrogen-bond acceptors (Lipinski definition) is 2. The van der Waals surface area contributed by atoms with Crippen molar-refractivity contribution < 1.29 is 4.74 Å². The first-order chi connectivity index (χ1) is 9.86. The minimum absolute atomic E-state index is 0. The van der Waals surface area contributed by atoms with Crippen LogP contribution >= 0.6 is 24.0 Å². The fraction of sp³-hybridized carbons (Fsp3) is 0.562. The minimum atomic E-state index is 0. The van der Waals surface area contributed by atoms with Crippen LogP contribution in [-0.4, -0.2) is 26.2 Å². The van der Waals surface area contributed by atoms with E-state index in [0.717, 1.165) is 37.2 Å². The van der Waals surface area contributed by atoms with Gasteiger partial charge in [-0.25, -0.2) is 0 Å². The van der Waals surface area contributed by atoms with Crippen LogP contribution in [0, 0.1) is 5.92 Å². The number of benzene rings is 1. The van der Waals surface area contributed by atoms with Gasteiger partial charge in [-0.05, 0) is 18.4 Å². The zero-order valence-corrected chi connectivity index (χ0v) is 14.8. The molecule has 5 heteroatoms. The van der Waals surface area contributed by atoms with E-state index in [1.165, 1.54) is 24.8 Å². The third-order valence-electron chi connectivity index (χ3n) is 4.04. The molecule has 0 amide bonds. The number of hydrogen-bond donors (Lipinski definition) is 2. The molecule has 0 bridgehead atoms. The third-order valence-corrected chi connectivity index (χ3v) is 4.04. The Hall–Kier alpha value is -0.980. The van der Waals surface area contributed by atoms with Gasteiger partial charge in [-0.2, -0.15) is 0 Å². The van der Waals surface area contributed by atoms with E-state index in [2.05, 4.69) is 27.8 Å². The lowest BCUT2D eigenvalue weighted by Crippen LogP contribution is -2.41. The molecule has 1 atom stereocenters. The van der Waals surface area contributed by atoms with Crippen molar-refractivity contribution in [3.63, 3.8) is 0 Å². The quantitative estimate of drug-likeness (QED) is 0.463. The lowest BCUT2D eigenvalue weighted by Gasteiger charge is -2.28. The first-order valence-corrected chi connectivity index (χ1v) is 7.55. The first kappa shape index (κ1) is 16.4. The number of rotatable bonds is 4. The standard InChI is InChI=1S/C16H23N3O.HI/c1-17-16(18-10-8-12-6-7-12)19-14-9-11-20-15-5-3-2-4-13(14)15;/h2-5,12,14H,6-11H2,1H3,(H2,17,18,19);1H. The number of halogens is 1. The van der Waals surface area contributed by atoms with Gasteiger partial charge in [0.15, 0.2) is 5.96 Å². The minimum Gasteiger partial charge on any atom is -0.493 e. The summed E-state index contributed by atoms with van der Waals surface area (Å²) in [5.41, 5.74) is 1.23. The number of guanidine groups is 1. The van der Waals surface area contributed by atoms with E-state index in [1.54, 1.807) is 0 Å². The summed E-state index contributed by atoms with van der Waals surface area (Å²) in [6.45, 7) is 1.77. The van der Waals surface area contributed by atoms with E-state index in [4.69, 9.17) is 4.74 Å². The van der Waals surface area contributed by atoms with E-state index >= 15 is 0 Å². The molecule has 4 nitrogen and oxygen atoms in total. The molecular weight excluding hydrogens is 377 g/mol. The van der Waals surface area contributed by atoms with Gasteiger partial charge in [0.1, 0.15) is 5.75 Å². The summed E-state index contributed by atoms with van der Waals surface area (Å²) in [7, 11) is 1.83. The van der Waals surface area contributed by atoms with E-state index in [9.17, 15) is 0 Å². The van der Waals surface area contributed by atoms with Gasteiger partial charge >= 0.3 is 0 Å². The van der Waals surface area contributed by atoms with Gasteiger partial charge in [-0.3, -0.25) is 4.99 Å². The molecule has 0 saturated heterocycles. The summed E-state index contributed by atoms with van der Waals surface area (Å²) < 4.78 is 5.69. The van der Waals surface area contributed by atoms with E-state index in [-0.39, 0.29) is 30.0 Å². The summed E-state index contributed by atoms with van der Waals surface area (Å²) in [6.07, 6.45) is 5.04. The van der Waals surface area contributed by atoms with Gasteiger partial charge < -0.3 is 15.4 Å². The molecular formula is C16H24IN3O. The Morgan fingerprint density at radius 3 is 2.86 bits per heavy atom. The molecule has 1 unspecified atom stereocenters. The fourth-order valence-electron chi connectivity index (χ4n) is 2.65. The van der Waals surface area contributed by atoms with Crippen molar-refractivity contribution in [1.29, 1.82) is 0 Å². The molecule has 0 radical (unpaired) electrons. The molecule has 0 aromatic heterocycles. The number of ether oxygens (including phenoxy) is 1. The molecule has 0 spiro atoms. The van der Waals surface area contributed by atoms with Crippen LogP contribution in [0.2, 0.25) is 0 Å². The predicted molar refractivity (Wildman–Crippen MR) is 96.5 cm³/mol. The van der Waals surface area contributed by atoms with Crippen LogP contribution in [0.15, 0.2) is 29.3 Å². The highest BCUT2D eigenvalue weighted by atomic mass is 127. The second-order valence-electron chi connectivity index (χ2n) is 5.60. The molecule has 1 saturated carbocycles. The van der Waals surface area contributed by atoms with Crippen molar-refractivity contribution in [3.8, 4) is 5.75 Å². The van der Waals surface area contributed by atoms with Gasteiger partial charge in [-0.15, -0.1) is 24.0 Å². The van der Waals surface area contributed by atoms with Crippen molar-refractivity contribution >= 4 is 29.9 Å². The fourth-order valence-corrected chi connectivity index (χ4v) is 2.65. The Balaban J connectivity index is 0.00000161. The van der Waals surface area contributed by atoms with Crippen LogP contribution in [-0.2, 0) is 0 Å². The Morgan fingerprint density at radius 1 is 1.29 bits per heavy atom. The topological polar surface area (TPSA) is 45.7 Å². The first-order valence-electron chi connectivity index (χ1n) is 7.55. The number of fused-ring (bicyclic) bond motifs is 1. The maximum atomic E-state index is 5.69. The number of aliphatic imine (C=N–C) groups is 1. The SMILES string of the molecule is CN=C(NCCC1CC1)NC1CCOc2ccccc21.I. The van der Waals surface area contributed by atoms with Crippen LogP contribution < -0.4 is 15.4 Å². The number of nitrogens with one attached hydrogen (secondary N) is 2. The average molecular weight is 401 g/mol. The molecule has 2 aliphatic rings. The maximum absolute atomic E-state index is 5.69. The summed E-state index contributed by atoms with van der Waals surface area (Å²) in [5.74, 6) is 2.83. The van der Waals surface area contributed by atoms with Gasteiger partial charge in [0.2, 0.25) is 0 Å². The smallest absolute Gasteiger partial charge is 0.191 e. The van der Waals surface area contributed by atoms with Crippen molar-refractivity contribution in [3.05, 3.63) is 29.8 Å². The highest BCUT2D eigenvalue weighted by Gasteiger charge is 2.23. The molecule has 1 aromatic carbocycles. The number of nitrogens with zero attached hydrogens (tertiary/aromatic N) is 1. The molecule has 1 aromatic rings. The molecule has 1 aliphatic heterocycles. The Labute approximate surface area is 143 Å². The highest BCUT2D eigenvalue weighted by Crippen LogP contribution is 2.32. The van der Waals surface area contributed by atoms with Gasteiger partial charge in [-0.1, -0.05) is 31.0 Å². The molecule has 2 N–H and O–H groups in total. The Kier molecular flexibility index (Phi) is 6.14. The van der Waals surface area contributed by atoms with Gasteiger partial charge in [0, 0.05) is 25.6 Å². The van der Waals surface area contributed by atoms with E-state index in [0.29, 0.717) is 0 Å². The monoisotopic (exact) mass is 401 g/mol. The second-order valence-corrected chi connectivity index (χ2v) is 5.60. The van der Waals surface area contributed by atoms with E-state index in [1.807, 2.05) is 19.2 Å². The van der Waals surface area contributed by atoms with Crippen LogP contribution in [0.25, 0.3) is 0 Å². The lowest BCUT2D eigenvalue weighted by atomic mass is 10.0. The normalized spacial score (nSPS) is 20.8. The van der Waals surface area contributed by atoms with Crippen molar-refractivity contribution in [1.82, 2.24) is 10.6 Å². The lowest BCUT2D eigenvalue weighted by molar-refractivity contribution is 0.261. The molecule has 116 valence electrons. The molecule has 1 fully saturated rings. The largest absolute Gasteiger partial charge is 0.493 e. The summed E-state index contributed by atoms with van der Waals surface area (Å²) in [5, 5.41) is 6.93. The van der Waals surface area contributed by atoms with Gasteiger partial charge in [0.05, 0.1) is 12.6 Å². The van der Waals surface area contributed by atoms with Crippen LogP contribution in [0.1, 0.15) is 37.3 Å². The Morgan fingerprint density at radius 2 is 2.10 bits per heavy atom. The van der Waals surface area contributed by atoms with Crippen molar-refractivity contribution in [2.45, 2.75) is 31.7 Å². The van der Waals surface area contributed by atoms with Crippen LogP contribution in [0.5, 0.6) is 5.75 Å². The third kappa shape index (κ3) is 4.49. The van der Waals surface area contributed by atoms with Crippen LogP contribution in [0.4, 0.5) is 0 Å². The maximum Gasteiger partial charge on any atom is 0.191 e. The van der Waals surface area contributed by atoms with Crippen molar-refractivity contribution in [2.24, 2.45) is 10.9 Å². The molecule has 1 heterocycles. The number of para-hydroxylation sites is 1. The second kappa shape index (κ2) is 7.87. The van der Waals surface area contributed by atoms with Crippen molar-refractivity contribution in [2.75, 3.05) is 20.2 Å². The zero-order valence-electron chi connectivity index (χ0n) is 12.5. The predicted octanol–water partition coefficient (Wildman–Crippen LogP) is 3.09. The molecule has 1 aliphatic carbocycles. The van der Waals surface area contributed by atoms with Gasteiger partial charge in [0.25, 0.3) is 0 Å². The zero-order chi connectivity index (χ0) is 13.8. The highest BCUT2D eigenvalue weighted by molar-refractivity contribution is 14.0. The van der Waals surface area contributed by atoms with E-state index < -0.39 is 0 Å².